The second-order valence-corrected chi connectivity index (χ2v) is 7.14. The first-order chi connectivity index (χ1) is 9.15. The van der Waals surface area contributed by atoms with Crippen LogP contribution >= 0.6 is 11.8 Å². The first-order valence-corrected chi connectivity index (χ1v) is 8.55. The van der Waals surface area contributed by atoms with E-state index >= 15 is 0 Å². The minimum Gasteiger partial charge on any atom is -0.381 e. The van der Waals surface area contributed by atoms with E-state index in [1.165, 1.54) is 12.8 Å². The van der Waals surface area contributed by atoms with Gasteiger partial charge >= 0.3 is 0 Å². The van der Waals surface area contributed by atoms with Gasteiger partial charge in [-0.1, -0.05) is 6.92 Å². The van der Waals surface area contributed by atoms with Gasteiger partial charge in [-0.3, -0.25) is 4.99 Å². The SMILES string of the molecule is CSC1(CN=C(N)N2CCCC(C)C2)CCOCC1. The van der Waals surface area contributed by atoms with Gasteiger partial charge in [0.15, 0.2) is 5.96 Å². The molecule has 1 unspecified atom stereocenters. The van der Waals surface area contributed by atoms with Crippen LogP contribution in [0.5, 0.6) is 0 Å². The van der Waals surface area contributed by atoms with E-state index in [-0.39, 0.29) is 4.75 Å². The molecule has 2 saturated heterocycles. The molecule has 2 aliphatic heterocycles. The summed E-state index contributed by atoms with van der Waals surface area (Å²) in [5.74, 6) is 1.48. The minimum absolute atomic E-state index is 0.240. The van der Waals surface area contributed by atoms with Crippen LogP contribution in [0, 0.1) is 5.92 Å². The Kier molecular flexibility index (Phi) is 5.39. The van der Waals surface area contributed by atoms with Crippen LogP contribution in [0.1, 0.15) is 32.6 Å². The first-order valence-electron chi connectivity index (χ1n) is 7.33. The van der Waals surface area contributed by atoms with Crippen LogP contribution in [0.2, 0.25) is 0 Å². The van der Waals surface area contributed by atoms with E-state index in [1.807, 2.05) is 11.8 Å². The van der Waals surface area contributed by atoms with Crippen LogP contribution < -0.4 is 5.73 Å². The number of hydrogen-bond donors (Lipinski definition) is 1. The van der Waals surface area contributed by atoms with Crippen LogP contribution in [0.3, 0.4) is 0 Å². The van der Waals surface area contributed by atoms with Gasteiger partial charge in [-0.05, 0) is 37.9 Å². The van der Waals surface area contributed by atoms with E-state index in [4.69, 9.17) is 15.5 Å². The highest BCUT2D eigenvalue weighted by molar-refractivity contribution is 8.00. The number of nitrogens with two attached hydrogens (primary N) is 1. The van der Waals surface area contributed by atoms with Gasteiger partial charge in [0.05, 0.1) is 6.54 Å². The van der Waals surface area contributed by atoms with E-state index < -0.39 is 0 Å². The number of nitrogens with zero attached hydrogens (tertiary/aromatic N) is 2. The maximum absolute atomic E-state index is 6.18. The van der Waals surface area contributed by atoms with Crippen molar-refractivity contribution in [3.63, 3.8) is 0 Å². The van der Waals surface area contributed by atoms with Gasteiger partial charge in [0, 0.05) is 31.1 Å². The van der Waals surface area contributed by atoms with Gasteiger partial charge in [0.1, 0.15) is 0 Å². The minimum atomic E-state index is 0.240. The zero-order chi connectivity index (χ0) is 13.7. The zero-order valence-electron chi connectivity index (χ0n) is 12.2. The second-order valence-electron chi connectivity index (χ2n) is 5.87. The topological polar surface area (TPSA) is 50.8 Å². The maximum atomic E-state index is 6.18. The van der Waals surface area contributed by atoms with Crippen LogP contribution in [-0.4, -0.2) is 54.7 Å². The Hall–Kier alpha value is -0.420. The van der Waals surface area contributed by atoms with E-state index in [2.05, 4.69) is 18.1 Å². The fourth-order valence-electron chi connectivity index (χ4n) is 2.89. The Labute approximate surface area is 121 Å². The van der Waals surface area contributed by atoms with Gasteiger partial charge in [-0.15, -0.1) is 0 Å². The van der Waals surface area contributed by atoms with Crippen LogP contribution in [0.15, 0.2) is 4.99 Å². The number of rotatable bonds is 3. The highest BCUT2D eigenvalue weighted by atomic mass is 32.2. The normalized spacial score (nSPS) is 28.4. The van der Waals surface area contributed by atoms with Crippen molar-refractivity contribution in [1.82, 2.24) is 4.90 Å². The summed E-state index contributed by atoms with van der Waals surface area (Å²) >= 11 is 1.92. The van der Waals surface area contributed by atoms with Gasteiger partial charge in [-0.2, -0.15) is 11.8 Å². The largest absolute Gasteiger partial charge is 0.381 e. The van der Waals surface area contributed by atoms with Crippen molar-refractivity contribution in [2.75, 3.05) is 39.1 Å². The van der Waals surface area contributed by atoms with Gasteiger partial charge < -0.3 is 15.4 Å². The van der Waals surface area contributed by atoms with Crippen molar-refractivity contribution in [3.8, 4) is 0 Å². The quantitative estimate of drug-likeness (QED) is 0.636. The molecular weight excluding hydrogens is 258 g/mol. The lowest BCUT2D eigenvalue weighted by molar-refractivity contribution is 0.0793. The van der Waals surface area contributed by atoms with Crippen molar-refractivity contribution in [3.05, 3.63) is 0 Å². The first kappa shape index (κ1) is 15.0. The van der Waals surface area contributed by atoms with E-state index in [9.17, 15) is 0 Å². The summed E-state index contributed by atoms with van der Waals surface area (Å²) in [5, 5.41) is 0. The van der Waals surface area contributed by atoms with E-state index in [1.54, 1.807) is 0 Å². The Bertz CT molecular complexity index is 316. The number of hydrogen-bond acceptors (Lipinski definition) is 3. The average molecular weight is 285 g/mol. The van der Waals surface area contributed by atoms with Crippen LogP contribution in [0.4, 0.5) is 0 Å². The van der Waals surface area contributed by atoms with E-state index in [0.717, 1.165) is 57.6 Å². The number of piperidine rings is 1. The molecule has 0 bridgehead atoms. The zero-order valence-corrected chi connectivity index (χ0v) is 13.0. The Morgan fingerprint density at radius 1 is 1.47 bits per heavy atom. The molecule has 1 atom stereocenters. The molecule has 2 heterocycles. The van der Waals surface area contributed by atoms with Crippen molar-refractivity contribution in [2.24, 2.45) is 16.6 Å². The lowest BCUT2D eigenvalue weighted by Gasteiger charge is -2.35. The third kappa shape index (κ3) is 4.02. The smallest absolute Gasteiger partial charge is 0.191 e. The van der Waals surface area contributed by atoms with Crippen molar-refractivity contribution in [1.29, 1.82) is 0 Å². The van der Waals surface area contributed by atoms with Gasteiger partial charge in [0.2, 0.25) is 0 Å². The number of guanidine groups is 1. The van der Waals surface area contributed by atoms with Gasteiger partial charge in [-0.25, -0.2) is 0 Å². The number of ether oxygens (including phenoxy) is 1. The number of aliphatic imine (C=N–C) groups is 1. The van der Waals surface area contributed by atoms with Crippen molar-refractivity contribution in [2.45, 2.75) is 37.4 Å². The maximum Gasteiger partial charge on any atom is 0.191 e. The molecule has 2 N–H and O–H groups in total. The molecule has 5 heteroatoms. The molecule has 0 aliphatic carbocycles. The van der Waals surface area contributed by atoms with E-state index in [0.29, 0.717) is 0 Å². The van der Waals surface area contributed by atoms with Crippen molar-refractivity contribution < 1.29 is 4.74 Å². The van der Waals surface area contributed by atoms with Crippen LogP contribution in [-0.2, 0) is 4.74 Å². The third-order valence-electron chi connectivity index (χ3n) is 4.35. The molecule has 4 nitrogen and oxygen atoms in total. The fraction of sp³-hybridized carbons (Fsp3) is 0.929. The van der Waals surface area contributed by atoms with Gasteiger partial charge in [0.25, 0.3) is 0 Å². The highest BCUT2D eigenvalue weighted by Gasteiger charge is 2.31. The second kappa shape index (κ2) is 6.84. The molecule has 0 amide bonds. The monoisotopic (exact) mass is 285 g/mol. The molecule has 0 aromatic rings. The molecule has 2 rings (SSSR count). The summed E-state index contributed by atoms with van der Waals surface area (Å²) in [4.78, 5) is 6.94. The summed E-state index contributed by atoms with van der Waals surface area (Å²) in [6.07, 6.45) is 6.90. The summed E-state index contributed by atoms with van der Waals surface area (Å²) in [5.41, 5.74) is 6.18. The summed E-state index contributed by atoms with van der Waals surface area (Å²) in [6.45, 7) is 6.96. The summed E-state index contributed by atoms with van der Waals surface area (Å²) < 4.78 is 5.70. The highest BCUT2D eigenvalue weighted by Crippen LogP contribution is 2.34. The molecule has 19 heavy (non-hydrogen) atoms. The molecule has 2 aliphatic rings. The van der Waals surface area contributed by atoms with Crippen molar-refractivity contribution >= 4 is 17.7 Å². The molecule has 110 valence electrons. The Morgan fingerprint density at radius 2 is 2.21 bits per heavy atom. The average Bonchev–Trinajstić information content (AvgIpc) is 2.46. The standard InChI is InChI=1S/C14H27N3OS/c1-12-4-3-7-17(10-12)13(15)16-11-14(19-2)5-8-18-9-6-14/h12H,3-11H2,1-2H3,(H2,15,16). The molecule has 2 fully saturated rings. The Balaban J connectivity index is 1.92. The third-order valence-corrected chi connectivity index (χ3v) is 5.75. The van der Waals surface area contributed by atoms with Crippen LogP contribution in [0.25, 0.3) is 0 Å². The molecule has 0 spiro atoms. The Morgan fingerprint density at radius 3 is 2.84 bits per heavy atom. The number of thioether (sulfide) groups is 1. The molecule has 0 aromatic carbocycles. The predicted molar refractivity (Wildman–Crippen MR) is 82.8 cm³/mol. The molecule has 0 aromatic heterocycles. The summed E-state index contributed by atoms with van der Waals surface area (Å²) in [7, 11) is 0. The molecule has 0 radical (unpaired) electrons. The summed E-state index contributed by atoms with van der Waals surface area (Å²) in [6, 6.07) is 0. The lowest BCUT2D eigenvalue weighted by Crippen LogP contribution is -2.44. The lowest BCUT2D eigenvalue weighted by atomic mass is 9.99. The number of likely N-dealkylation sites (tertiary alicyclic amines) is 1. The molecule has 0 saturated carbocycles. The molecular formula is C14H27N3OS. The fourth-order valence-corrected chi connectivity index (χ4v) is 3.66. The predicted octanol–water partition coefficient (Wildman–Crippen LogP) is 1.95.